The summed E-state index contributed by atoms with van der Waals surface area (Å²) >= 11 is 0. The molecule has 31 heavy (non-hydrogen) atoms. The number of morpholine rings is 1. The van der Waals surface area contributed by atoms with Gasteiger partial charge in [-0.25, -0.2) is 0 Å². The van der Waals surface area contributed by atoms with E-state index in [-0.39, 0.29) is 7.92 Å². The molecule has 0 amide bonds. The Morgan fingerprint density at radius 3 is 2.52 bits per heavy atom. The number of hydrogen-bond donors (Lipinski definition) is 0. The first kappa shape index (κ1) is 22.0. The molecule has 0 radical (unpaired) electrons. The summed E-state index contributed by atoms with van der Waals surface area (Å²) in [5, 5.41) is 4.05. The van der Waals surface area contributed by atoms with Gasteiger partial charge in [0.25, 0.3) is 0 Å². The highest BCUT2D eigenvalue weighted by molar-refractivity contribution is 7.71. The van der Waals surface area contributed by atoms with Crippen molar-refractivity contribution in [2.45, 2.75) is 96.4 Å². The maximum Gasteiger partial charge on any atom is 0.0726 e. The van der Waals surface area contributed by atoms with Crippen LogP contribution in [0.25, 0.3) is 0 Å². The van der Waals surface area contributed by atoms with E-state index in [1.54, 1.807) is 5.30 Å². The van der Waals surface area contributed by atoms with Crippen LogP contribution in [-0.2, 0) is 4.74 Å². The van der Waals surface area contributed by atoms with E-state index < -0.39 is 0 Å². The third-order valence-electron chi connectivity index (χ3n) is 8.35. The molecule has 3 fully saturated rings. The van der Waals surface area contributed by atoms with Gasteiger partial charge in [-0.05, 0) is 94.6 Å². The van der Waals surface area contributed by atoms with Crippen LogP contribution in [0, 0.1) is 17.8 Å². The lowest BCUT2D eigenvalue weighted by Crippen LogP contribution is -2.48. The second kappa shape index (κ2) is 8.83. The third-order valence-corrected chi connectivity index (χ3v) is 11.7. The second-order valence-corrected chi connectivity index (χ2v) is 14.1. The first-order chi connectivity index (χ1) is 14.9. The standard InChI is InChI=1S/C28H42NOP/c1-20-11-12-25(15-20)31(28-13-7-8-24(17-28)14-21(2)16-28)27-10-6-5-9-26(27)29-18-22(3)30-23(4)19-29/h5-6,9-10,12,20-24H,7-8,11,13-19H2,1-4H3. The van der Waals surface area contributed by atoms with Crippen molar-refractivity contribution in [2.75, 3.05) is 18.0 Å². The fraction of sp³-hybridized carbons (Fsp3) is 0.714. The molecule has 170 valence electrons. The van der Waals surface area contributed by atoms with E-state index >= 15 is 0 Å². The minimum atomic E-state index is -0.284. The zero-order chi connectivity index (χ0) is 21.6. The van der Waals surface area contributed by atoms with Crippen molar-refractivity contribution in [3.05, 3.63) is 35.7 Å². The molecular formula is C28H42NOP. The number of anilines is 1. The maximum absolute atomic E-state index is 6.10. The molecule has 0 N–H and O–H groups in total. The predicted octanol–water partition coefficient (Wildman–Crippen LogP) is 7.08. The Balaban J connectivity index is 1.59. The predicted molar refractivity (Wildman–Crippen MR) is 135 cm³/mol. The number of allylic oxidation sites excluding steroid dienone is 2. The van der Waals surface area contributed by atoms with Gasteiger partial charge in [0.2, 0.25) is 0 Å². The van der Waals surface area contributed by atoms with Crippen LogP contribution < -0.4 is 10.2 Å². The van der Waals surface area contributed by atoms with E-state index in [0.29, 0.717) is 17.4 Å². The summed E-state index contributed by atoms with van der Waals surface area (Å²) in [6, 6.07) is 9.54. The lowest BCUT2D eigenvalue weighted by atomic mass is 9.68. The second-order valence-electron chi connectivity index (χ2n) is 11.5. The summed E-state index contributed by atoms with van der Waals surface area (Å²) in [4.78, 5) is 2.66. The SMILES string of the molecule is CC1CC=C(P(c2ccccc2N2CC(C)OC(C)C2)C23CCCC(CC(C)C2)C3)C1. The van der Waals surface area contributed by atoms with E-state index in [1.807, 2.05) is 5.31 Å². The quantitative estimate of drug-likeness (QED) is 0.465. The Kier molecular flexibility index (Phi) is 6.26. The molecule has 7 atom stereocenters. The van der Waals surface area contributed by atoms with E-state index in [0.717, 1.165) is 30.8 Å². The molecule has 3 aliphatic carbocycles. The van der Waals surface area contributed by atoms with Gasteiger partial charge in [-0.1, -0.05) is 51.0 Å². The lowest BCUT2D eigenvalue weighted by molar-refractivity contribution is -0.00515. The fourth-order valence-corrected chi connectivity index (χ4v) is 11.7. The highest BCUT2D eigenvalue weighted by Gasteiger charge is 2.49. The number of hydrogen-bond acceptors (Lipinski definition) is 2. The van der Waals surface area contributed by atoms with Crippen LogP contribution in [0.1, 0.15) is 79.1 Å². The molecule has 1 heterocycles. The molecule has 5 rings (SSSR count). The van der Waals surface area contributed by atoms with Crippen LogP contribution in [0.15, 0.2) is 35.7 Å². The highest BCUT2D eigenvalue weighted by Crippen LogP contribution is 2.69. The Bertz CT molecular complexity index is 807. The number of rotatable bonds is 4. The molecule has 4 aliphatic rings. The van der Waals surface area contributed by atoms with E-state index in [2.05, 4.69) is 62.9 Å². The van der Waals surface area contributed by atoms with Gasteiger partial charge < -0.3 is 9.64 Å². The molecule has 2 saturated carbocycles. The number of fused-ring (bicyclic) bond motifs is 2. The third kappa shape index (κ3) is 4.37. The highest BCUT2D eigenvalue weighted by atomic mass is 31.1. The largest absolute Gasteiger partial charge is 0.372 e. The van der Waals surface area contributed by atoms with Gasteiger partial charge in [0, 0.05) is 24.1 Å². The topological polar surface area (TPSA) is 12.5 Å². The number of ether oxygens (including phenoxy) is 1. The van der Waals surface area contributed by atoms with Crippen LogP contribution >= 0.6 is 7.92 Å². The first-order valence-corrected chi connectivity index (χ1v) is 14.3. The van der Waals surface area contributed by atoms with Gasteiger partial charge in [-0.3, -0.25) is 0 Å². The summed E-state index contributed by atoms with van der Waals surface area (Å²) in [5.74, 6) is 2.68. The number of nitrogens with zero attached hydrogens (tertiary/aromatic N) is 1. The van der Waals surface area contributed by atoms with Crippen molar-refractivity contribution in [1.82, 2.24) is 0 Å². The normalized spacial score (nSPS) is 39.3. The first-order valence-electron chi connectivity index (χ1n) is 12.9. The average molecular weight is 440 g/mol. The average Bonchev–Trinajstić information content (AvgIpc) is 3.13. The zero-order valence-electron chi connectivity index (χ0n) is 20.1. The maximum atomic E-state index is 6.10. The van der Waals surface area contributed by atoms with Gasteiger partial charge in [0.05, 0.1) is 12.2 Å². The van der Waals surface area contributed by atoms with Crippen molar-refractivity contribution in [2.24, 2.45) is 17.8 Å². The molecular weight excluding hydrogens is 397 g/mol. The molecule has 1 aromatic rings. The molecule has 3 heteroatoms. The Labute approximate surface area is 191 Å². The molecule has 2 nitrogen and oxygen atoms in total. The van der Waals surface area contributed by atoms with Gasteiger partial charge in [0.15, 0.2) is 0 Å². The van der Waals surface area contributed by atoms with E-state index in [1.165, 1.54) is 57.1 Å². The van der Waals surface area contributed by atoms with Crippen LogP contribution in [0.5, 0.6) is 0 Å². The summed E-state index contributed by atoms with van der Waals surface area (Å²) in [5.41, 5.74) is 1.52. The minimum Gasteiger partial charge on any atom is -0.372 e. The lowest BCUT2D eigenvalue weighted by Gasteiger charge is -2.53. The zero-order valence-corrected chi connectivity index (χ0v) is 21.0. The Hall–Kier alpha value is -0.850. The van der Waals surface area contributed by atoms with Crippen molar-refractivity contribution in [3.8, 4) is 0 Å². The van der Waals surface area contributed by atoms with Gasteiger partial charge in [0.1, 0.15) is 0 Å². The molecule has 1 aliphatic heterocycles. The Morgan fingerprint density at radius 2 is 1.77 bits per heavy atom. The molecule has 2 bridgehead atoms. The Morgan fingerprint density at radius 1 is 1.00 bits per heavy atom. The number of para-hydroxylation sites is 1. The molecule has 7 unspecified atom stereocenters. The van der Waals surface area contributed by atoms with Crippen LogP contribution in [-0.4, -0.2) is 30.5 Å². The van der Waals surface area contributed by atoms with Crippen molar-refractivity contribution < 1.29 is 4.74 Å². The van der Waals surface area contributed by atoms with Crippen LogP contribution in [0.2, 0.25) is 0 Å². The van der Waals surface area contributed by atoms with Crippen molar-refractivity contribution in [1.29, 1.82) is 0 Å². The molecule has 1 aromatic carbocycles. The van der Waals surface area contributed by atoms with Crippen molar-refractivity contribution in [3.63, 3.8) is 0 Å². The van der Waals surface area contributed by atoms with Gasteiger partial charge in [-0.2, -0.15) is 0 Å². The van der Waals surface area contributed by atoms with E-state index in [4.69, 9.17) is 4.74 Å². The monoisotopic (exact) mass is 439 g/mol. The smallest absolute Gasteiger partial charge is 0.0726 e. The molecule has 0 spiro atoms. The van der Waals surface area contributed by atoms with Gasteiger partial charge in [-0.15, -0.1) is 0 Å². The summed E-state index contributed by atoms with van der Waals surface area (Å²) in [6.45, 7) is 11.5. The van der Waals surface area contributed by atoms with Crippen molar-refractivity contribution >= 4 is 18.9 Å². The molecule has 0 aromatic heterocycles. The van der Waals surface area contributed by atoms with Crippen LogP contribution in [0.4, 0.5) is 5.69 Å². The summed E-state index contributed by atoms with van der Waals surface area (Å²) < 4.78 is 6.10. The van der Waals surface area contributed by atoms with E-state index in [9.17, 15) is 0 Å². The van der Waals surface area contributed by atoms with Gasteiger partial charge >= 0.3 is 0 Å². The minimum absolute atomic E-state index is 0.284. The summed E-state index contributed by atoms with van der Waals surface area (Å²) in [6.07, 6.45) is 14.7. The number of benzene rings is 1. The summed E-state index contributed by atoms with van der Waals surface area (Å²) in [7, 11) is -0.284. The molecule has 1 saturated heterocycles. The fourth-order valence-electron chi connectivity index (χ4n) is 7.50. The van der Waals surface area contributed by atoms with Crippen LogP contribution in [0.3, 0.4) is 0 Å².